The summed E-state index contributed by atoms with van der Waals surface area (Å²) in [5.41, 5.74) is 2.95. The second-order valence-corrected chi connectivity index (χ2v) is 4.71. The van der Waals surface area contributed by atoms with Gasteiger partial charge in [-0.05, 0) is 61.3 Å². The zero-order chi connectivity index (χ0) is 14.0. The second kappa shape index (κ2) is 5.49. The van der Waals surface area contributed by atoms with Crippen molar-refractivity contribution in [2.24, 2.45) is 0 Å². The Morgan fingerprint density at radius 2 is 1.79 bits per heavy atom. The normalized spacial score (nSPS) is 12.5. The average molecular weight is 261 g/mol. The zero-order valence-electron chi connectivity index (χ0n) is 11.3. The van der Waals surface area contributed by atoms with Gasteiger partial charge in [-0.3, -0.25) is 0 Å². The predicted molar refractivity (Wildman–Crippen MR) is 74.0 cm³/mol. The van der Waals surface area contributed by atoms with Crippen molar-refractivity contribution < 1.29 is 8.78 Å². The molecule has 100 valence electrons. The highest BCUT2D eigenvalue weighted by Crippen LogP contribution is 2.30. The SMILES string of the molecule is CNC(C)c1ccc(F)cc1-c1ccc(C)c(F)c1. The lowest BCUT2D eigenvalue weighted by Crippen LogP contribution is -2.13. The van der Waals surface area contributed by atoms with Crippen LogP contribution < -0.4 is 5.32 Å². The lowest BCUT2D eigenvalue weighted by Gasteiger charge is -2.16. The Hall–Kier alpha value is -1.74. The molecule has 0 bridgehead atoms. The molecule has 1 atom stereocenters. The van der Waals surface area contributed by atoms with Crippen molar-refractivity contribution in [3.8, 4) is 11.1 Å². The van der Waals surface area contributed by atoms with E-state index < -0.39 is 0 Å². The number of hydrogen-bond donors (Lipinski definition) is 1. The molecule has 3 heteroatoms. The largest absolute Gasteiger partial charge is 0.313 e. The van der Waals surface area contributed by atoms with Crippen molar-refractivity contribution in [3.63, 3.8) is 0 Å². The highest BCUT2D eigenvalue weighted by atomic mass is 19.1. The van der Waals surface area contributed by atoms with Crippen LogP contribution in [0.4, 0.5) is 8.78 Å². The number of benzene rings is 2. The van der Waals surface area contributed by atoms with Crippen molar-refractivity contribution in [3.05, 3.63) is 59.2 Å². The lowest BCUT2D eigenvalue weighted by atomic mass is 9.94. The van der Waals surface area contributed by atoms with Crippen LogP contribution in [0, 0.1) is 18.6 Å². The molecule has 19 heavy (non-hydrogen) atoms. The first-order valence-electron chi connectivity index (χ1n) is 6.26. The molecule has 1 unspecified atom stereocenters. The lowest BCUT2D eigenvalue weighted by molar-refractivity contribution is 0.616. The number of aryl methyl sites for hydroxylation is 1. The molecule has 1 N–H and O–H groups in total. The van der Waals surface area contributed by atoms with Gasteiger partial charge in [0.25, 0.3) is 0 Å². The van der Waals surface area contributed by atoms with Crippen molar-refractivity contribution in [2.45, 2.75) is 19.9 Å². The summed E-state index contributed by atoms with van der Waals surface area (Å²) >= 11 is 0. The van der Waals surface area contributed by atoms with Crippen molar-refractivity contribution in [2.75, 3.05) is 7.05 Å². The molecule has 2 rings (SSSR count). The topological polar surface area (TPSA) is 12.0 Å². The van der Waals surface area contributed by atoms with Gasteiger partial charge in [0.2, 0.25) is 0 Å². The molecule has 0 aliphatic heterocycles. The average Bonchev–Trinajstić information content (AvgIpc) is 2.41. The number of nitrogens with one attached hydrogen (secondary N) is 1. The molecule has 0 fully saturated rings. The summed E-state index contributed by atoms with van der Waals surface area (Å²) in [6, 6.07) is 9.67. The Labute approximate surface area is 112 Å². The van der Waals surface area contributed by atoms with Crippen LogP contribution >= 0.6 is 0 Å². The Morgan fingerprint density at radius 1 is 1.05 bits per heavy atom. The summed E-state index contributed by atoms with van der Waals surface area (Å²) in [5.74, 6) is -0.590. The molecule has 0 saturated heterocycles. The summed E-state index contributed by atoms with van der Waals surface area (Å²) < 4.78 is 27.1. The molecular formula is C16H17F2N. The first kappa shape index (κ1) is 13.7. The molecule has 0 heterocycles. The molecule has 0 aliphatic rings. The van der Waals surface area contributed by atoms with Crippen LogP contribution in [0.3, 0.4) is 0 Å². The van der Waals surface area contributed by atoms with Gasteiger partial charge in [-0.2, -0.15) is 0 Å². The van der Waals surface area contributed by atoms with Gasteiger partial charge < -0.3 is 5.32 Å². The molecule has 0 aliphatic carbocycles. The summed E-state index contributed by atoms with van der Waals surface area (Å²) in [6.45, 7) is 3.70. The van der Waals surface area contributed by atoms with E-state index in [1.165, 1.54) is 18.2 Å². The molecule has 0 amide bonds. The van der Waals surface area contributed by atoms with E-state index in [9.17, 15) is 8.78 Å². The number of halogens is 2. The quantitative estimate of drug-likeness (QED) is 0.872. The van der Waals surface area contributed by atoms with Gasteiger partial charge in [-0.15, -0.1) is 0 Å². The molecule has 1 nitrogen and oxygen atoms in total. The van der Waals surface area contributed by atoms with Gasteiger partial charge in [0.1, 0.15) is 11.6 Å². The maximum absolute atomic E-state index is 13.7. The van der Waals surface area contributed by atoms with Crippen LogP contribution in [0.5, 0.6) is 0 Å². The number of rotatable bonds is 3. The van der Waals surface area contributed by atoms with E-state index in [4.69, 9.17) is 0 Å². The van der Waals surface area contributed by atoms with E-state index >= 15 is 0 Å². The molecule has 2 aromatic rings. The monoisotopic (exact) mass is 261 g/mol. The minimum Gasteiger partial charge on any atom is -0.313 e. The minimum atomic E-state index is -0.317. The van der Waals surface area contributed by atoms with Crippen molar-refractivity contribution in [1.29, 1.82) is 0 Å². The van der Waals surface area contributed by atoms with E-state index in [1.54, 1.807) is 19.1 Å². The van der Waals surface area contributed by atoms with Crippen LogP contribution in [0.2, 0.25) is 0 Å². The van der Waals surface area contributed by atoms with Gasteiger partial charge in [-0.25, -0.2) is 8.78 Å². The maximum atomic E-state index is 13.7. The molecular weight excluding hydrogens is 244 g/mol. The Kier molecular flexibility index (Phi) is 3.96. The van der Waals surface area contributed by atoms with E-state index in [0.717, 1.165) is 11.1 Å². The molecule has 0 saturated carbocycles. The highest BCUT2D eigenvalue weighted by molar-refractivity contribution is 5.68. The highest BCUT2D eigenvalue weighted by Gasteiger charge is 2.12. The van der Waals surface area contributed by atoms with Gasteiger partial charge in [0.15, 0.2) is 0 Å². The van der Waals surface area contributed by atoms with E-state index in [0.29, 0.717) is 11.1 Å². The van der Waals surface area contributed by atoms with Gasteiger partial charge >= 0.3 is 0 Å². The number of hydrogen-bond acceptors (Lipinski definition) is 1. The van der Waals surface area contributed by atoms with Gasteiger partial charge in [0.05, 0.1) is 0 Å². The zero-order valence-corrected chi connectivity index (χ0v) is 11.3. The van der Waals surface area contributed by atoms with Crippen LogP contribution in [-0.4, -0.2) is 7.05 Å². The smallest absolute Gasteiger partial charge is 0.126 e. The first-order valence-corrected chi connectivity index (χ1v) is 6.26. The Morgan fingerprint density at radius 3 is 2.42 bits per heavy atom. The molecule has 2 aromatic carbocycles. The fourth-order valence-corrected chi connectivity index (χ4v) is 2.07. The fourth-order valence-electron chi connectivity index (χ4n) is 2.07. The minimum absolute atomic E-state index is 0.0694. The van der Waals surface area contributed by atoms with Crippen molar-refractivity contribution in [1.82, 2.24) is 5.32 Å². The Balaban J connectivity index is 2.59. The molecule has 0 radical (unpaired) electrons. The summed E-state index contributed by atoms with van der Waals surface area (Å²) in [4.78, 5) is 0. The second-order valence-electron chi connectivity index (χ2n) is 4.71. The van der Waals surface area contributed by atoms with Gasteiger partial charge in [0, 0.05) is 6.04 Å². The predicted octanol–water partition coefficient (Wildman–Crippen LogP) is 4.22. The van der Waals surface area contributed by atoms with Crippen LogP contribution in [0.15, 0.2) is 36.4 Å². The molecule has 0 spiro atoms. The van der Waals surface area contributed by atoms with E-state index in [1.807, 2.05) is 20.0 Å². The standard InChI is InChI=1S/C16H17F2N/c1-10-4-5-12(8-16(10)18)15-9-13(17)6-7-14(15)11(2)19-3/h4-9,11,19H,1-3H3. The first-order chi connectivity index (χ1) is 9.02. The van der Waals surface area contributed by atoms with Crippen LogP contribution in [0.25, 0.3) is 11.1 Å². The fraction of sp³-hybridized carbons (Fsp3) is 0.250. The summed E-state index contributed by atoms with van der Waals surface area (Å²) in [6.07, 6.45) is 0. The molecule has 0 aromatic heterocycles. The third kappa shape index (κ3) is 2.82. The van der Waals surface area contributed by atoms with E-state index in [-0.39, 0.29) is 17.7 Å². The third-order valence-corrected chi connectivity index (χ3v) is 3.40. The Bertz CT molecular complexity index is 593. The van der Waals surface area contributed by atoms with Crippen LogP contribution in [0.1, 0.15) is 24.1 Å². The van der Waals surface area contributed by atoms with Crippen molar-refractivity contribution >= 4 is 0 Å². The van der Waals surface area contributed by atoms with E-state index in [2.05, 4.69) is 5.32 Å². The maximum Gasteiger partial charge on any atom is 0.126 e. The summed E-state index contributed by atoms with van der Waals surface area (Å²) in [7, 11) is 1.84. The third-order valence-electron chi connectivity index (χ3n) is 3.40. The van der Waals surface area contributed by atoms with Gasteiger partial charge in [-0.1, -0.05) is 18.2 Å². The van der Waals surface area contributed by atoms with Crippen LogP contribution in [-0.2, 0) is 0 Å². The summed E-state index contributed by atoms with van der Waals surface area (Å²) in [5, 5.41) is 3.12.